The fourth-order valence-corrected chi connectivity index (χ4v) is 5.85. The third kappa shape index (κ3) is 3.83. The average Bonchev–Trinajstić information content (AvgIpc) is 3.14. The minimum absolute atomic E-state index is 0.00534. The first-order valence-electron chi connectivity index (χ1n) is 8.44. The summed E-state index contributed by atoms with van der Waals surface area (Å²) in [5.74, 6) is 0.0185. The van der Waals surface area contributed by atoms with Gasteiger partial charge < -0.3 is 10.1 Å². The molecule has 27 heavy (non-hydrogen) atoms. The monoisotopic (exact) mass is 427 g/mol. The molecule has 0 atom stereocenters. The van der Waals surface area contributed by atoms with Gasteiger partial charge in [0.15, 0.2) is 6.61 Å². The Bertz CT molecular complexity index is 955. The zero-order chi connectivity index (χ0) is 19.0. The van der Waals surface area contributed by atoms with E-state index in [0.29, 0.717) is 37.6 Å². The number of sulfonamides is 1. The van der Waals surface area contributed by atoms with Crippen LogP contribution >= 0.6 is 22.9 Å². The Hall–Kier alpha value is -1.65. The van der Waals surface area contributed by atoms with E-state index in [0.717, 1.165) is 6.54 Å². The van der Waals surface area contributed by atoms with Gasteiger partial charge in [0.2, 0.25) is 10.0 Å². The van der Waals surface area contributed by atoms with Crippen molar-refractivity contribution in [1.29, 1.82) is 0 Å². The van der Waals surface area contributed by atoms with Crippen LogP contribution in [0.5, 0.6) is 5.75 Å². The number of benzene rings is 1. The van der Waals surface area contributed by atoms with Crippen LogP contribution in [0.15, 0.2) is 34.5 Å². The summed E-state index contributed by atoms with van der Waals surface area (Å²) in [6.07, 6.45) is 0. The van der Waals surface area contributed by atoms with Crippen LogP contribution in [0.4, 0.5) is 5.69 Å². The molecular weight excluding hydrogens is 410 g/mol. The van der Waals surface area contributed by atoms with Crippen molar-refractivity contribution in [3.8, 4) is 5.75 Å². The molecule has 144 valence electrons. The number of carbonyl (C=O) groups excluding carboxylic acids is 1. The van der Waals surface area contributed by atoms with Gasteiger partial charge in [-0.05, 0) is 17.5 Å². The van der Waals surface area contributed by atoms with E-state index in [9.17, 15) is 13.2 Å². The highest BCUT2D eigenvalue weighted by Crippen LogP contribution is 2.37. The summed E-state index contributed by atoms with van der Waals surface area (Å²) in [5, 5.41) is 4.73. The first kappa shape index (κ1) is 18.7. The summed E-state index contributed by atoms with van der Waals surface area (Å²) in [4.78, 5) is 14.9. The van der Waals surface area contributed by atoms with Crippen LogP contribution in [-0.2, 0) is 21.4 Å². The van der Waals surface area contributed by atoms with Crippen molar-refractivity contribution in [3.63, 3.8) is 0 Å². The van der Waals surface area contributed by atoms with Crippen LogP contribution in [0.2, 0.25) is 5.02 Å². The van der Waals surface area contributed by atoms with Gasteiger partial charge in [-0.3, -0.25) is 9.69 Å². The number of hydrogen-bond donors (Lipinski definition) is 1. The lowest BCUT2D eigenvalue weighted by Crippen LogP contribution is -2.48. The maximum absolute atomic E-state index is 13.1. The molecule has 0 spiro atoms. The van der Waals surface area contributed by atoms with Crippen molar-refractivity contribution in [2.75, 3.05) is 38.1 Å². The van der Waals surface area contributed by atoms with Gasteiger partial charge in [-0.15, -0.1) is 11.3 Å². The molecule has 1 aromatic carbocycles. The van der Waals surface area contributed by atoms with Gasteiger partial charge in [-0.1, -0.05) is 17.7 Å². The third-order valence-corrected chi connectivity index (χ3v) is 7.80. The number of ether oxygens (including phenoxy) is 1. The molecule has 0 bridgehead atoms. The number of nitrogens with zero attached hydrogens (tertiary/aromatic N) is 2. The van der Waals surface area contributed by atoms with E-state index in [-0.39, 0.29) is 22.4 Å². The van der Waals surface area contributed by atoms with E-state index in [4.69, 9.17) is 16.3 Å². The molecule has 3 heterocycles. The van der Waals surface area contributed by atoms with Gasteiger partial charge in [0, 0.05) is 43.7 Å². The lowest BCUT2D eigenvalue weighted by atomic mass is 10.2. The van der Waals surface area contributed by atoms with Crippen LogP contribution in [0.3, 0.4) is 0 Å². The van der Waals surface area contributed by atoms with E-state index in [2.05, 4.69) is 16.3 Å². The molecule has 1 N–H and O–H groups in total. The quantitative estimate of drug-likeness (QED) is 0.809. The number of thiophene rings is 1. The summed E-state index contributed by atoms with van der Waals surface area (Å²) in [6, 6.07) is 6.92. The first-order chi connectivity index (χ1) is 12.9. The fraction of sp³-hybridized carbons (Fsp3) is 0.353. The minimum Gasteiger partial charge on any atom is -0.482 e. The summed E-state index contributed by atoms with van der Waals surface area (Å²) in [5.41, 5.74) is 0.385. The number of amides is 1. The number of piperazine rings is 1. The Morgan fingerprint density at radius 2 is 2.00 bits per heavy atom. The highest BCUT2D eigenvalue weighted by molar-refractivity contribution is 7.89. The summed E-state index contributed by atoms with van der Waals surface area (Å²) >= 11 is 7.91. The van der Waals surface area contributed by atoms with Crippen molar-refractivity contribution in [1.82, 2.24) is 9.21 Å². The lowest BCUT2D eigenvalue weighted by Gasteiger charge is -2.34. The lowest BCUT2D eigenvalue weighted by molar-refractivity contribution is -0.118. The van der Waals surface area contributed by atoms with Gasteiger partial charge >= 0.3 is 0 Å². The summed E-state index contributed by atoms with van der Waals surface area (Å²) in [7, 11) is -3.74. The maximum Gasteiger partial charge on any atom is 0.262 e. The number of fused-ring (bicyclic) bond motifs is 1. The molecule has 2 aliphatic rings. The highest BCUT2D eigenvalue weighted by Gasteiger charge is 2.32. The minimum atomic E-state index is -3.74. The molecule has 10 heteroatoms. The average molecular weight is 428 g/mol. The second-order valence-electron chi connectivity index (χ2n) is 6.38. The second kappa shape index (κ2) is 7.40. The van der Waals surface area contributed by atoms with Gasteiger partial charge in [0.25, 0.3) is 5.91 Å². The number of nitrogens with one attached hydrogen (secondary N) is 1. The Kier molecular flexibility index (Phi) is 5.13. The highest BCUT2D eigenvalue weighted by atomic mass is 35.5. The molecule has 1 aromatic heterocycles. The topological polar surface area (TPSA) is 79.0 Å². The third-order valence-electron chi connectivity index (χ3n) is 4.58. The first-order valence-corrected chi connectivity index (χ1v) is 11.1. The van der Waals surface area contributed by atoms with E-state index < -0.39 is 10.0 Å². The molecule has 0 saturated carbocycles. The van der Waals surface area contributed by atoms with E-state index in [1.165, 1.54) is 21.3 Å². The molecular formula is C17H18ClN3O4S2. The number of halogens is 1. The van der Waals surface area contributed by atoms with Crippen LogP contribution in [0.25, 0.3) is 0 Å². The molecule has 0 radical (unpaired) electrons. The smallest absolute Gasteiger partial charge is 0.262 e. The predicted octanol–water partition coefficient (Wildman–Crippen LogP) is 2.24. The van der Waals surface area contributed by atoms with Gasteiger partial charge in [0.1, 0.15) is 10.6 Å². The predicted molar refractivity (Wildman–Crippen MR) is 104 cm³/mol. The normalized spacial score (nSPS) is 18.6. The largest absolute Gasteiger partial charge is 0.482 e. The van der Waals surface area contributed by atoms with Gasteiger partial charge in [-0.25, -0.2) is 8.42 Å². The van der Waals surface area contributed by atoms with Crippen LogP contribution in [0.1, 0.15) is 4.88 Å². The van der Waals surface area contributed by atoms with Gasteiger partial charge in [-0.2, -0.15) is 4.31 Å². The zero-order valence-corrected chi connectivity index (χ0v) is 16.7. The van der Waals surface area contributed by atoms with E-state index in [1.54, 1.807) is 11.3 Å². The van der Waals surface area contributed by atoms with Crippen molar-refractivity contribution in [3.05, 3.63) is 39.5 Å². The number of hydrogen-bond acceptors (Lipinski definition) is 6. The number of rotatable bonds is 4. The Labute approximate surface area is 166 Å². The molecule has 2 aliphatic heterocycles. The van der Waals surface area contributed by atoms with Crippen LogP contribution < -0.4 is 10.1 Å². The van der Waals surface area contributed by atoms with Crippen LogP contribution in [0, 0.1) is 0 Å². The van der Waals surface area contributed by atoms with E-state index >= 15 is 0 Å². The molecule has 0 unspecified atom stereocenters. The fourth-order valence-electron chi connectivity index (χ4n) is 3.17. The molecule has 1 amide bonds. The summed E-state index contributed by atoms with van der Waals surface area (Å²) < 4.78 is 32.9. The van der Waals surface area contributed by atoms with Crippen LogP contribution in [-0.4, -0.2) is 56.3 Å². The van der Waals surface area contributed by atoms with Crippen molar-refractivity contribution in [2.24, 2.45) is 0 Å². The second-order valence-corrected chi connectivity index (χ2v) is 9.72. The molecule has 1 fully saturated rings. The summed E-state index contributed by atoms with van der Waals surface area (Å²) in [6.45, 7) is 2.81. The SMILES string of the molecule is O=C1COc2cc(S(=O)(=O)N3CCN(Cc4cccs4)CC3)c(Cl)cc2N1. The molecule has 2 aromatic rings. The van der Waals surface area contributed by atoms with Crippen molar-refractivity contribution < 1.29 is 17.9 Å². The Morgan fingerprint density at radius 3 is 2.70 bits per heavy atom. The molecule has 4 rings (SSSR count). The van der Waals surface area contributed by atoms with Gasteiger partial charge in [0.05, 0.1) is 10.7 Å². The van der Waals surface area contributed by atoms with Crippen molar-refractivity contribution >= 4 is 44.6 Å². The number of anilines is 1. The standard InChI is InChI=1S/C17H18ClN3O4S2/c18-13-8-14-15(25-11-17(22)19-14)9-16(13)27(23,24)21-5-3-20(4-6-21)10-12-2-1-7-26-12/h1-2,7-9H,3-6,10-11H2,(H,19,22). The molecule has 7 nitrogen and oxygen atoms in total. The van der Waals surface area contributed by atoms with E-state index in [1.807, 2.05) is 11.4 Å². The Morgan fingerprint density at radius 1 is 1.22 bits per heavy atom. The zero-order valence-electron chi connectivity index (χ0n) is 14.4. The molecule has 0 aliphatic carbocycles. The van der Waals surface area contributed by atoms with Crippen molar-refractivity contribution in [2.45, 2.75) is 11.4 Å². The maximum atomic E-state index is 13.1. The number of carbonyl (C=O) groups is 1. The molecule has 1 saturated heterocycles. The Balaban J connectivity index is 1.50.